The van der Waals surface area contributed by atoms with Crippen molar-refractivity contribution in [1.29, 1.82) is 0 Å². The Morgan fingerprint density at radius 3 is 2.38 bits per heavy atom. The van der Waals surface area contributed by atoms with Crippen molar-refractivity contribution >= 4 is 23.0 Å². The van der Waals surface area contributed by atoms with Crippen molar-refractivity contribution in [3.8, 4) is 11.4 Å². The molecule has 0 unspecified atom stereocenters. The lowest BCUT2D eigenvalue weighted by Crippen LogP contribution is -2.51. The fourth-order valence-electron chi connectivity index (χ4n) is 3.94. The maximum absolute atomic E-state index is 13.3. The van der Waals surface area contributed by atoms with Crippen LogP contribution in [0.1, 0.15) is 5.56 Å². The van der Waals surface area contributed by atoms with Gasteiger partial charge in [0.05, 0.1) is 6.20 Å². The Hall–Kier alpha value is -4.01. The number of aryl methyl sites for hydroxylation is 2. The molecule has 0 radical (unpaired) electrons. The molecule has 1 fully saturated rings. The standard InChI is InChI=1S/C23H23N7O2/c1-16-8-9-19(24-14-16)28-10-12-29(13-11-28)23(32)30-18-15-25-20(17-6-4-3-5-7-17)26-21(18)27(2)22(30)31/h3-9,14-15H,10-13H2,1-2H3. The van der Waals surface area contributed by atoms with Crippen LogP contribution >= 0.6 is 0 Å². The van der Waals surface area contributed by atoms with Crippen molar-refractivity contribution in [2.75, 3.05) is 31.1 Å². The molecule has 1 saturated heterocycles. The highest BCUT2D eigenvalue weighted by Gasteiger charge is 2.27. The van der Waals surface area contributed by atoms with E-state index in [0.717, 1.165) is 16.9 Å². The molecule has 1 amide bonds. The van der Waals surface area contributed by atoms with E-state index in [9.17, 15) is 9.59 Å². The number of carbonyl (C=O) groups excluding carboxylic acids is 1. The summed E-state index contributed by atoms with van der Waals surface area (Å²) < 4.78 is 2.57. The van der Waals surface area contributed by atoms with Crippen LogP contribution in [0.25, 0.3) is 22.6 Å². The highest BCUT2D eigenvalue weighted by molar-refractivity contribution is 5.88. The number of pyridine rings is 1. The van der Waals surface area contributed by atoms with Crippen molar-refractivity contribution in [3.05, 3.63) is 70.9 Å². The molecule has 0 spiro atoms. The number of nitrogens with zero attached hydrogens (tertiary/aromatic N) is 7. The van der Waals surface area contributed by atoms with E-state index in [1.165, 1.54) is 9.13 Å². The van der Waals surface area contributed by atoms with Gasteiger partial charge in [-0.1, -0.05) is 36.4 Å². The van der Waals surface area contributed by atoms with E-state index in [-0.39, 0.29) is 6.03 Å². The summed E-state index contributed by atoms with van der Waals surface area (Å²) in [7, 11) is 1.62. The Kier molecular flexibility index (Phi) is 4.93. The highest BCUT2D eigenvalue weighted by Crippen LogP contribution is 2.19. The van der Waals surface area contributed by atoms with Gasteiger partial charge in [0.25, 0.3) is 0 Å². The van der Waals surface area contributed by atoms with Crippen molar-refractivity contribution in [3.63, 3.8) is 0 Å². The van der Waals surface area contributed by atoms with Gasteiger partial charge in [-0.3, -0.25) is 4.57 Å². The molecule has 32 heavy (non-hydrogen) atoms. The number of fused-ring (bicyclic) bond motifs is 1. The molecule has 0 N–H and O–H groups in total. The first-order chi connectivity index (χ1) is 15.5. The molecular weight excluding hydrogens is 406 g/mol. The molecule has 5 rings (SSSR count). The molecular formula is C23H23N7O2. The van der Waals surface area contributed by atoms with Crippen LogP contribution in [0.4, 0.5) is 10.6 Å². The van der Waals surface area contributed by atoms with E-state index in [1.807, 2.05) is 55.6 Å². The van der Waals surface area contributed by atoms with Gasteiger partial charge < -0.3 is 9.80 Å². The summed E-state index contributed by atoms with van der Waals surface area (Å²) in [5, 5.41) is 0. The average Bonchev–Trinajstić information content (AvgIpc) is 3.09. The van der Waals surface area contributed by atoms with Crippen LogP contribution in [0.3, 0.4) is 0 Å². The molecule has 1 aromatic carbocycles. The molecule has 3 aromatic heterocycles. The molecule has 1 aliphatic heterocycles. The Morgan fingerprint density at radius 2 is 1.69 bits per heavy atom. The first-order valence-electron chi connectivity index (χ1n) is 10.5. The molecule has 4 aromatic rings. The minimum Gasteiger partial charge on any atom is -0.353 e. The lowest BCUT2D eigenvalue weighted by molar-refractivity contribution is 0.196. The van der Waals surface area contributed by atoms with Crippen molar-refractivity contribution < 1.29 is 4.79 Å². The smallest absolute Gasteiger partial charge is 0.338 e. The first kappa shape index (κ1) is 19.9. The second-order valence-corrected chi connectivity index (χ2v) is 7.90. The fraction of sp³-hybridized carbons (Fsp3) is 0.261. The molecule has 0 atom stereocenters. The second kappa shape index (κ2) is 7.92. The minimum absolute atomic E-state index is 0.354. The van der Waals surface area contributed by atoms with E-state index in [1.54, 1.807) is 18.1 Å². The van der Waals surface area contributed by atoms with Crippen LogP contribution in [-0.2, 0) is 7.05 Å². The second-order valence-electron chi connectivity index (χ2n) is 7.90. The van der Waals surface area contributed by atoms with E-state index in [0.29, 0.717) is 43.2 Å². The molecule has 1 aliphatic rings. The number of anilines is 1. The van der Waals surface area contributed by atoms with Gasteiger partial charge in [0.15, 0.2) is 11.5 Å². The van der Waals surface area contributed by atoms with Crippen LogP contribution in [0.2, 0.25) is 0 Å². The molecule has 9 heteroatoms. The van der Waals surface area contributed by atoms with Crippen LogP contribution in [0, 0.1) is 6.92 Å². The van der Waals surface area contributed by atoms with Crippen LogP contribution in [0.5, 0.6) is 0 Å². The van der Waals surface area contributed by atoms with Gasteiger partial charge in [-0.25, -0.2) is 29.1 Å². The summed E-state index contributed by atoms with van der Waals surface area (Å²) in [6.45, 7) is 4.30. The number of imidazole rings is 1. The number of amides is 1. The predicted octanol–water partition coefficient (Wildman–Crippen LogP) is 2.29. The lowest BCUT2D eigenvalue weighted by Gasteiger charge is -2.35. The largest absolute Gasteiger partial charge is 0.353 e. The summed E-state index contributed by atoms with van der Waals surface area (Å²) in [6.07, 6.45) is 3.39. The van der Waals surface area contributed by atoms with E-state index < -0.39 is 5.69 Å². The lowest BCUT2D eigenvalue weighted by atomic mass is 10.2. The van der Waals surface area contributed by atoms with Gasteiger partial charge in [0.2, 0.25) is 0 Å². The molecule has 0 saturated carbocycles. The zero-order valence-electron chi connectivity index (χ0n) is 18.0. The highest BCUT2D eigenvalue weighted by atomic mass is 16.2. The third-order valence-electron chi connectivity index (χ3n) is 5.78. The first-order valence-corrected chi connectivity index (χ1v) is 10.5. The van der Waals surface area contributed by atoms with Crippen molar-refractivity contribution in [1.82, 2.24) is 29.0 Å². The summed E-state index contributed by atoms with van der Waals surface area (Å²) in [5.41, 5.74) is 2.37. The third kappa shape index (κ3) is 3.41. The number of aromatic nitrogens is 5. The maximum Gasteiger partial charge on any atom is 0.338 e. The summed E-state index contributed by atoms with van der Waals surface area (Å²) in [5.74, 6) is 1.41. The Bertz CT molecular complexity index is 1330. The third-order valence-corrected chi connectivity index (χ3v) is 5.78. The number of rotatable bonds is 2. The maximum atomic E-state index is 13.3. The van der Waals surface area contributed by atoms with Gasteiger partial charge in [-0.15, -0.1) is 0 Å². The quantitative estimate of drug-likeness (QED) is 0.486. The number of hydrogen-bond donors (Lipinski definition) is 0. The Labute approximate surface area is 184 Å². The van der Waals surface area contributed by atoms with Gasteiger partial charge in [0, 0.05) is 45.0 Å². The normalized spacial score (nSPS) is 14.2. The van der Waals surface area contributed by atoms with Crippen LogP contribution < -0.4 is 10.6 Å². The van der Waals surface area contributed by atoms with Crippen LogP contribution in [-0.4, -0.2) is 61.2 Å². The van der Waals surface area contributed by atoms with Crippen molar-refractivity contribution in [2.45, 2.75) is 6.92 Å². The molecule has 0 aliphatic carbocycles. The summed E-state index contributed by atoms with van der Waals surface area (Å²) in [4.78, 5) is 43.5. The van der Waals surface area contributed by atoms with Gasteiger partial charge in [-0.2, -0.15) is 0 Å². The number of carbonyl (C=O) groups is 1. The Balaban J connectivity index is 1.41. The Morgan fingerprint density at radius 1 is 0.938 bits per heavy atom. The summed E-state index contributed by atoms with van der Waals surface area (Å²) >= 11 is 0. The van der Waals surface area contributed by atoms with E-state index in [4.69, 9.17) is 0 Å². The molecule has 4 heterocycles. The molecule has 0 bridgehead atoms. The SMILES string of the molecule is Cc1ccc(N2CCN(C(=O)n3c(=O)n(C)c4nc(-c5ccccc5)ncc43)CC2)nc1. The molecule has 162 valence electrons. The monoisotopic (exact) mass is 429 g/mol. The minimum atomic E-state index is -0.424. The van der Waals surface area contributed by atoms with Gasteiger partial charge >= 0.3 is 11.7 Å². The van der Waals surface area contributed by atoms with Gasteiger partial charge in [-0.05, 0) is 18.6 Å². The number of benzene rings is 1. The van der Waals surface area contributed by atoms with E-state index in [2.05, 4.69) is 19.9 Å². The zero-order valence-corrected chi connectivity index (χ0v) is 18.0. The van der Waals surface area contributed by atoms with Crippen molar-refractivity contribution in [2.24, 2.45) is 7.05 Å². The summed E-state index contributed by atoms with van der Waals surface area (Å²) in [6, 6.07) is 13.2. The zero-order chi connectivity index (χ0) is 22.2. The topological polar surface area (TPSA) is 89.1 Å². The van der Waals surface area contributed by atoms with E-state index >= 15 is 0 Å². The number of hydrogen-bond acceptors (Lipinski definition) is 6. The fourth-order valence-corrected chi connectivity index (χ4v) is 3.94. The average molecular weight is 429 g/mol. The van der Waals surface area contributed by atoms with Gasteiger partial charge in [0.1, 0.15) is 11.3 Å². The van der Waals surface area contributed by atoms with Crippen LogP contribution in [0.15, 0.2) is 59.7 Å². The molecule has 9 nitrogen and oxygen atoms in total. The number of piperazine rings is 1. The predicted molar refractivity (Wildman–Crippen MR) is 122 cm³/mol.